The molecule has 0 radical (unpaired) electrons. The minimum Gasteiger partial charge on any atom is -0.290 e. The molecule has 1 saturated heterocycles. The number of aromatic nitrogens is 1. The molecule has 4 rings (SSSR count). The van der Waals surface area contributed by atoms with Crippen LogP contribution >= 0.6 is 11.3 Å². The fourth-order valence-electron chi connectivity index (χ4n) is 3.33. The second-order valence-corrected chi connectivity index (χ2v) is 7.14. The lowest BCUT2D eigenvalue weighted by molar-refractivity contribution is -0.384. The number of nitro groups is 1. The number of para-hydroxylation sites is 1. The molecule has 0 amide bonds. The smallest absolute Gasteiger partial charge is 0.269 e. The van der Waals surface area contributed by atoms with E-state index in [-0.39, 0.29) is 10.6 Å². The minimum absolute atomic E-state index is 0.156. The van der Waals surface area contributed by atoms with E-state index in [0.717, 1.165) is 42.0 Å². The van der Waals surface area contributed by atoms with Crippen LogP contribution in [0.15, 0.2) is 48.5 Å². The Bertz CT molecular complexity index is 860. The fraction of sp³-hybridized carbons (Fsp3) is 0.278. The first-order valence-electron chi connectivity index (χ1n) is 8.03. The number of rotatable bonds is 4. The fourth-order valence-corrected chi connectivity index (χ4v) is 4.47. The van der Waals surface area contributed by atoms with Gasteiger partial charge < -0.3 is 0 Å². The van der Waals surface area contributed by atoms with Gasteiger partial charge in [0.2, 0.25) is 0 Å². The van der Waals surface area contributed by atoms with E-state index in [0.29, 0.717) is 6.04 Å². The van der Waals surface area contributed by atoms with Crippen LogP contribution in [0.5, 0.6) is 0 Å². The molecule has 1 unspecified atom stereocenters. The predicted octanol–water partition coefficient (Wildman–Crippen LogP) is 4.54. The number of fused-ring (bicyclic) bond motifs is 1. The van der Waals surface area contributed by atoms with Gasteiger partial charge in [-0.2, -0.15) is 0 Å². The van der Waals surface area contributed by atoms with Gasteiger partial charge >= 0.3 is 0 Å². The Morgan fingerprint density at radius 2 is 2.12 bits per heavy atom. The van der Waals surface area contributed by atoms with Gasteiger partial charge in [0.25, 0.3) is 5.69 Å². The molecule has 2 heterocycles. The standard InChI is InChI=1S/C18H17N3O2S/c22-21(23)14-6-3-5-13(11-14)12-20-10-4-8-16(20)18-19-15-7-1-2-9-17(15)24-18/h1-3,5-7,9,11,16H,4,8,10,12H2. The third kappa shape index (κ3) is 2.90. The van der Waals surface area contributed by atoms with Crippen molar-refractivity contribution in [3.05, 3.63) is 69.2 Å². The molecule has 6 heteroatoms. The Kier molecular flexibility index (Phi) is 4.00. The minimum atomic E-state index is -0.335. The van der Waals surface area contributed by atoms with Gasteiger partial charge in [0.05, 0.1) is 21.2 Å². The van der Waals surface area contributed by atoms with E-state index in [1.165, 1.54) is 4.70 Å². The lowest BCUT2D eigenvalue weighted by Gasteiger charge is -2.22. The number of nitrogens with zero attached hydrogens (tertiary/aromatic N) is 3. The number of hydrogen-bond acceptors (Lipinski definition) is 5. The molecule has 1 aliphatic rings. The van der Waals surface area contributed by atoms with Crippen LogP contribution in [-0.2, 0) is 6.54 Å². The summed E-state index contributed by atoms with van der Waals surface area (Å²) in [5.74, 6) is 0. The van der Waals surface area contributed by atoms with Crippen molar-refractivity contribution in [2.75, 3.05) is 6.54 Å². The van der Waals surface area contributed by atoms with E-state index in [1.54, 1.807) is 29.5 Å². The number of likely N-dealkylation sites (tertiary alicyclic amines) is 1. The van der Waals surface area contributed by atoms with Crippen LogP contribution in [0, 0.1) is 10.1 Å². The Hall–Kier alpha value is -2.31. The van der Waals surface area contributed by atoms with Gasteiger partial charge in [-0.25, -0.2) is 4.98 Å². The first-order chi connectivity index (χ1) is 11.7. The highest BCUT2D eigenvalue weighted by Crippen LogP contribution is 2.37. The normalized spacial score (nSPS) is 18.2. The Labute approximate surface area is 143 Å². The number of hydrogen-bond donors (Lipinski definition) is 0. The molecule has 1 aromatic heterocycles. The monoisotopic (exact) mass is 339 g/mol. The zero-order valence-corrected chi connectivity index (χ0v) is 13.9. The summed E-state index contributed by atoms with van der Waals surface area (Å²) in [4.78, 5) is 17.8. The zero-order valence-electron chi connectivity index (χ0n) is 13.1. The van der Waals surface area contributed by atoms with Crippen molar-refractivity contribution in [2.45, 2.75) is 25.4 Å². The van der Waals surface area contributed by atoms with Gasteiger partial charge in [-0.1, -0.05) is 24.3 Å². The average Bonchev–Trinajstić information content (AvgIpc) is 3.21. The van der Waals surface area contributed by atoms with E-state index in [4.69, 9.17) is 4.98 Å². The van der Waals surface area contributed by atoms with Crippen LogP contribution in [0.25, 0.3) is 10.2 Å². The molecule has 0 N–H and O–H groups in total. The maximum atomic E-state index is 11.0. The quantitative estimate of drug-likeness (QED) is 0.517. The molecule has 24 heavy (non-hydrogen) atoms. The summed E-state index contributed by atoms with van der Waals surface area (Å²) in [5, 5.41) is 12.1. The van der Waals surface area contributed by atoms with Gasteiger partial charge in [0.15, 0.2) is 0 Å². The molecule has 0 aliphatic carbocycles. The van der Waals surface area contributed by atoms with Gasteiger partial charge in [0.1, 0.15) is 5.01 Å². The lowest BCUT2D eigenvalue weighted by Crippen LogP contribution is -2.22. The summed E-state index contributed by atoms with van der Waals surface area (Å²) in [6, 6.07) is 15.5. The highest BCUT2D eigenvalue weighted by atomic mass is 32.1. The molecule has 0 saturated carbocycles. The molecule has 1 fully saturated rings. The third-order valence-electron chi connectivity index (χ3n) is 4.47. The molecular weight excluding hydrogens is 322 g/mol. The van der Waals surface area contributed by atoms with E-state index in [2.05, 4.69) is 17.0 Å². The number of nitro benzene ring substituents is 1. The van der Waals surface area contributed by atoms with E-state index in [1.807, 2.05) is 18.2 Å². The van der Waals surface area contributed by atoms with Crippen LogP contribution in [0.2, 0.25) is 0 Å². The summed E-state index contributed by atoms with van der Waals surface area (Å²) in [6.07, 6.45) is 2.23. The van der Waals surface area contributed by atoms with Gasteiger partial charge in [-0.15, -0.1) is 11.3 Å². The number of benzene rings is 2. The lowest BCUT2D eigenvalue weighted by atomic mass is 10.1. The summed E-state index contributed by atoms with van der Waals surface area (Å²) < 4.78 is 1.22. The average molecular weight is 339 g/mol. The van der Waals surface area contributed by atoms with Crippen molar-refractivity contribution < 1.29 is 4.92 Å². The SMILES string of the molecule is O=[N+]([O-])c1cccc(CN2CCCC2c2nc3ccccc3s2)c1. The Morgan fingerprint density at radius 3 is 2.96 bits per heavy atom. The van der Waals surface area contributed by atoms with Crippen molar-refractivity contribution in [1.29, 1.82) is 0 Å². The summed E-state index contributed by atoms with van der Waals surface area (Å²) >= 11 is 1.76. The zero-order chi connectivity index (χ0) is 16.5. The summed E-state index contributed by atoms with van der Waals surface area (Å²) in [6.45, 7) is 1.73. The maximum Gasteiger partial charge on any atom is 0.269 e. The summed E-state index contributed by atoms with van der Waals surface area (Å²) in [5.41, 5.74) is 2.19. The van der Waals surface area contributed by atoms with Crippen molar-refractivity contribution in [1.82, 2.24) is 9.88 Å². The van der Waals surface area contributed by atoms with Crippen molar-refractivity contribution in [3.8, 4) is 0 Å². The van der Waals surface area contributed by atoms with Gasteiger partial charge in [-0.3, -0.25) is 15.0 Å². The Balaban J connectivity index is 1.58. The summed E-state index contributed by atoms with van der Waals surface area (Å²) in [7, 11) is 0. The first kappa shape index (κ1) is 15.2. The first-order valence-corrected chi connectivity index (χ1v) is 8.85. The number of thiazole rings is 1. The predicted molar refractivity (Wildman–Crippen MR) is 95.1 cm³/mol. The molecule has 0 spiro atoms. The van der Waals surface area contributed by atoms with Crippen LogP contribution in [0.1, 0.15) is 29.5 Å². The topological polar surface area (TPSA) is 59.3 Å². The molecular formula is C18H17N3O2S. The van der Waals surface area contributed by atoms with Crippen molar-refractivity contribution in [2.24, 2.45) is 0 Å². The second-order valence-electron chi connectivity index (χ2n) is 6.08. The van der Waals surface area contributed by atoms with Crippen LogP contribution in [-0.4, -0.2) is 21.4 Å². The maximum absolute atomic E-state index is 11.0. The highest BCUT2D eigenvalue weighted by Gasteiger charge is 2.28. The van der Waals surface area contributed by atoms with Crippen LogP contribution in [0.4, 0.5) is 5.69 Å². The molecule has 0 bridgehead atoms. The molecule has 1 aliphatic heterocycles. The van der Waals surface area contributed by atoms with Crippen molar-refractivity contribution in [3.63, 3.8) is 0 Å². The largest absolute Gasteiger partial charge is 0.290 e. The van der Waals surface area contributed by atoms with E-state index in [9.17, 15) is 10.1 Å². The Morgan fingerprint density at radius 1 is 1.25 bits per heavy atom. The van der Waals surface area contributed by atoms with Gasteiger partial charge in [0, 0.05) is 18.7 Å². The highest BCUT2D eigenvalue weighted by molar-refractivity contribution is 7.18. The molecule has 3 aromatic rings. The van der Waals surface area contributed by atoms with E-state index < -0.39 is 0 Å². The number of non-ortho nitro benzene ring substituents is 1. The molecule has 5 nitrogen and oxygen atoms in total. The van der Waals surface area contributed by atoms with Crippen molar-refractivity contribution >= 4 is 27.2 Å². The molecule has 2 aromatic carbocycles. The third-order valence-corrected chi connectivity index (χ3v) is 5.60. The van der Waals surface area contributed by atoms with Gasteiger partial charge in [-0.05, 0) is 37.1 Å². The van der Waals surface area contributed by atoms with Crippen LogP contribution in [0.3, 0.4) is 0 Å². The molecule has 1 atom stereocenters. The van der Waals surface area contributed by atoms with Crippen LogP contribution < -0.4 is 0 Å². The van der Waals surface area contributed by atoms with E-state index >= 15 is 0 Å². The molecule has 122 valence electrons. The second kappa shape index (κ2) is 6.30.